The number of hydrogen-bond acceptors (Lipinski definition) is 3. The van der Waals surface area contributed by atoms with E-state index in [0.29, 0.717) is 6.04 Å². The standard InChI is InChI=1S/C12H15N3S/c1-9(2)15-8-11(16-3)12(14-15)10-4-6-13-7-5-10/h4-9H,1-3H3. The SMILES string of the molecule is CSc1cn(C(C)C)nc1-c1ccncc1. The quantitative estimate of drug-likeness (QED) is 0.762. The Labute approximate surface area is 99.9 Å². The average molecular weight is 233 g/mol. The Morgan fingerprint density at radius 1 is 1.25 bits per heavy atom. The van der Waals surface area contributed by atoms with Gasteiger partial charge in [-0.05, 0) is 32.2 Å². The summed E-state index contributed by atoms with van der Waals surface area (Å²) in [4.78, 5) is 5.24. The van der Waals surface area contributed by atoms with Gasteiger partial charge in [-0.3, -0.25) is 9.67 Å². The van der Waals surface area contributed by atoms with Gasteiger partial charge in [0.05, 0.1) is 4.90 Å². The lowest BCUT2D eigenvalue weighted by molar-refractivity contribution is 0.533. The van der Waals surface area contributed by atoms with Crippen LogP contribution in [0.4, 0.5) is 0 Å². The van der Waals surface area contributed by atoms with E-state index in [0.717, 1.165) is 11.3 Å². The molecule has 0 aliphatic rings. The van der Waals surface area contributed by atoms with Crippen LogP contribution in [-0.4, -0.2) is 21.0 Å². The van der Waals surface area contributed by atoms with Gasteiger partial charge in [0, 0.05) is 30.2 Å². The molecule has 2 aromatic rings. The molecule has 0 unspecified atom stereocenters. The molecule has 0 aliphatic carbocycles. The molecule has 0 aromatic carbocycles. The van der Waals surface area contributed by atoms with Crippen molar-refractivity contribution in [3.05, 3.63) is 30.7 Å². The van der Waals surface area contributed by atoms with Crippen LogP contribution in [0.15, 0.2) is 35.6 Å². The Morgan fingerprint density at radius 3 is 2.50 bits per heavy atom. The van der Waals surface area contributed by atoms with Crippen LogP contribution in [0.5, 0.6) is 0 Å². The molecule has 0 fully saturated rings. The summed E-state index contributed by atoms with van der Waals surface area (Å²) >= 11 is 1.72. The summed E-state index contributed by atoms with van der Waals surface area (Å²) in [6.07, 6.45) is 7.78. The van der Waals surface area contributed by atoms with Crippen LogP contribution in [0.25, 0.3) is 11.3 Å². The van der Waals surface area contributed by atoms with Crippen molar-refractivity contribution in [1.29, 1.82) is 0 Å². The van der Waals surface area contributed by atoms with Crippen molar-refractivity contribution in [3.63, 3.8) is 0 Å². The topological polar surface area (TPSA) is 30.7 Å². The summed E-state index contributed by atoms with van der Waals surface area (Å²) in [7, 11) is 0. The van der Waals surface area contributed by atoms with E-state index in [1.807, 2.05) is 16.8 Å². The number of rotatable bonds is 3. The van der Waals surface area contributed by atoms with E-state index in [9.17, 15) is 0 Å². The van der Waals surface area contributed by atoms with Crippen molar-refractivity contribution in [2.45, 2.75) is 24.8 Å². The Hall–Kier alpha value is -1.29. The lowest BCUT2D eigenvalue weighted by atomic mass is 10.2. The summed E-state index contributed by atoms with van der Waals surface area (Å²) in [5.41, 5.74) is 2.17. The van der Waals surface area contributed by atoms with Crippen LogP contribution < -0.4 is 0 Å². The van der Waals surface area contributed by atoms with Crippen LogP contribution in [0, 0.1) is 0 Å². The number of aromatic nitrogens is 3. The predicted molar refractivity (Wildman–Crippen MR) is 67.6 cm³/mol. The van der Waals surface area contributed by atoms with Gasteiger partial charge in [0.1, 0.15) is 5.69 Å². The zero-order chi connectivity index (χ0) is 11.5. The second kappa shape index (κ2) is 4.70. The first kappa shape index (κ1) is 11.2. The zero-order valence-electron chi connectivity index (χ0n) is 9.71. The average Bonchev–Trinajstić information content (AvgIpc) is 2.74. The predicted octanol–water partition coefficient (Wildman–Crippen LogP) is 3.25. The van der Waals surface area contributed by atoms with E-state index in [4.69, 9.17) is 0 Å². The molecule has 0 atom stereocenters. The summed E-state index contributed by atoms with van der Waals surface area (Å²) in [6.45, 7) is 4.26. The van der Waals surface area contributed by atoms with Crippen LogP contribution in [0.2, 0.25) is 0 Å². The van der Waals surface area contributed by atoms with Crippen molar-refractivity contribution < 1.29 is 0 Å². The Morgan fingerprint density at radius 2 is 1.94 bits per heavy atom. The highest BCUT2D eigenvalue weighted by Crippen LogP contribution is 2.29. The van der Waals surface area contributed by atoms with E-state index in [1.165, 1.54) is 4.90 Å². The lowest BCUT2D eigenvalue weighted by Crippen LogP contribution is -2.00. The van der Waals surface area contributed by atoms with Crippen molar-refractivity contribution in [2.75, 3.05) is 6.26 Å². The molecule has 2 rings (SSSR count). The summed E-state index contributed by atoms with van der Waals surface area (Å²) in [5.74, 6) is 0. The maximum atomic E-state index is 4.62. The number of thioether (sulfide) groups is 1. The van der Waals surface area contributed by atoms with E-state index in [2.05, 4.69) is 36.4 Å². The Kier molecular flexibility index (Phi) is 3.29. The highest BCUT2D eigenvalue weighted by atomic mass is 32.2. The van der Waals surface area contributed by atoms with Gasteiger partial charge >= 0.3 is 0 Å². The molecule has 84 valence electrons. The third-order valence-electron chi connectivity index (χ3n) is 2.40. The normalized spacial score (nSPS) is 11.0. The molecule has 0 saturated carbocycles. The van der Waals surface area contributed by atoms with E-state index >= 15 is 0 Å². The van der Waals surface area contributed by atoms with Gasteiger partial charge in [0.15, 0.2) is 0 Å². The number of hydrogen-bond donors (Lipinski definition) is 0. The van der Waals surface area contributed by atoms with Crippen LogP contribution in [0.3, 0.4) is 0 Å². The molecular formula is C12H15N3S. The second-order valence-corrected chi connectivity index (χ2v) is 4.70. The molecule has 0 bridgehead atoms. The Balaban J connectivity index is 2.48. The largest absolute Gasteiger partial charge is 0.268 e. The summed E-state index contributed by atoms with van der Waals surface area (Å²) in [6, 6.07) is 4.38. The fourth-order valence-corrected chi connectivity index (χ4v) is 2.06. The summed E-state index contributed by atoms with van der Waals surface area (Å²) < 4.78 is 2.00. The number of nitrogens with zero attached hydrogens (tertiary/aromatic N) is 3. The molecule has 16 heavy (non-hydrogen) atoms. The molecule has 0 aliphatic heterocycles. The van der Waals surface area contributed by atoms with Gasteiger partial charge < -0.3 is 0 Å². The van der Waals surface area contributed by atoms with E-state index in [-0.39, 0.29) is 0 Å². The molecule has 4 heteroatoms. The number of pyridine rings is 1. The van der Waals surface area contributed by atoms with E-state index < -0.39 is 0 Å². The van der Waals surface area contributed by atoms with Crippen molar-refractivity contribution in [1.82, 2.24) is 14.8 Å². The molecule has 3 nitrogen and oxygen atoms in total. The minimum Gasteiger partial charge on any atom is -0.268 e. The molecule has 0 spiro atoms. The fraction of sp³-hybridized carbons (Fsp3) is 0.333. The first-order chi connectivity index (χ1) is 7.72. The van der Waals surface area contributed by atoms with Crippen LogP contribution >= 0.6 is 11.8 Å². The monoisotopic (exact) mass is 233 g/mol. The fourth-order valence-electron chi connectivity index (χ4n) is 1.50. The zero-order valence-corrected chi connectivity index (χ0v) is 10.5. The van der Waals surface area contributed by atoms with Crippen molar-refractivity contribution in [3.8, 4) is 11.3 Å². The van der Waals surface area contributed by atoms with Crippen LogP contribution in [0.1, 0.15) is 19.9 Å². The van der Waals surface area contributed by atoms with Gasteiger partial charge in [0.25, 0.3) is 0 Å². The van der Waals surface area contributed by atoms with Crippen molar-refractivity contribution >= 4 is 11.8 Å². The maximum Gasteiger partial charge on any atom is 0.106 e. The third kappa shape index (κ3) is 2.11. The minimum atomic E-state index is 0.390. The van der Waals surface area contributed by atoms with Crippen LogP contribution in [-0.2, 0) is 0 Å². The highest BCUT2D eigenvalue weighted by Gasteiger charge is 2.11. The molecule has 2 heterocycles. The molecule has 2 aromatic heterocycles. The minimum absolute atomic E-state index is 0.390. The molecule has 0 radical (unpaired) electrons. The lowest BCUT2D eigenvalue weighted by Gasteiger charge is -2.03. The smallest absolute Gasteiger partial charge is 0.106 e. The first-order valence-electron chi connectivity index (χ1n) is 5.26. The molecule has 0 saturated heterocycles. The molecule has 0 amide bonds. The summed E-state index contributed by atoms with van der Waals surface area (Å²) in [5, 5.41) is 4.62. The second-order valence-electron chi connectivity index (χ2n) is 3.86. The van der Waals surface area contributed by atoms with Gasteiger partial charge in [-0.25, -0.2) is 0 Å². The first-order valence-corrected chi connectivity index (χ1v) is 6.48. The van der Waals surface area contributed by atoms with Gasteiger partial charge in [-0.15, -0.1) is 11.8 Å². The van der Waals surface area contributed by atoms with Gasteiger partial charge in [-0.1, -0.05) is 0 Å². The molecule has 0 N–H and O–H groups in total. The third-order valence-corrected chi connectivity index (χ3v) is 3.14. The molecular weight excluding hydrogens is 218 g/mol. The Bertz CT molecular complexity index is 462. The maximum absolute atomic E-state index is 4.62. The van der Waals surface area contributed by atoms with Crippen molar-refractivity contribution in [2.24, 2.45) is 0 Å². The highest BCUT2D eigenvalue weighted by molar-refractivity contribution is 7.98. The van der Waals surface area contributed by atoms with E-state index in [1.54, 1.807) is 24.2 Å². The van der Waals surface area contributed by atoms with Gasteiger partial charge in [-0.2, -0.15) is 5.10 Å². The van der Waals surface area contributed by atoms with Gasteiger partial charge in [0.2, 0.25) is 0 Å².